The van der Waals surface area contributed by atoms with Gasteiger partial charge in [-0.1, -0.05) is 34.1 Å². The van der Waals surface area contributed by atoms with E-state index in [1.54, 1.807) is 7.11 Å². The molecule has 1 aromatic carbocycles. The molecular weight excluding hydrogens is 250 g/mol. The third-order valence-corrected chi connectivity index (χ3v) is 2.90. The average molecular weight is 279 g/mol. The molecule has 0 spiro atoms. The third kappa shape index (κ3) is 6.09. The second-order valence-corrected chi connectivity index (χ2v) is 4.37. The van der Waals surface area contributed by atoms with Gasteiger partial charge >= 0.3 is 0 Å². The van der Waals surface area contributed by atoms with Crippen LogP contribution in [0.1, 0.15) is 57.3 Å². The first-order chi connectivity index (χ1) is 9.72. The number of benzene rings is 1. The van der Waals surface area contributed by atoms with Gasteiger partial charge < -0.3 is 9.64 Å². The zero-order valence-corrected chi connectivity index (χ0v) is 13.6. The van der Waals surface area contributed by atoms with Gasteiger partial charge in [-0.15, -0.1) is 0 Å². The molecule has 0 aliphatic rings. The minimum absolute atomic E-state index is 0.118. The highest BCUT2D eigenvalue weighted by Gasteiger charge is 2.14. The summed E-state index contributed by atoms with van der Waals surface area (Å²) >= 11 is 0. The van der Waals surface area contributed by atoms with E-state index in [9.17, 15) is 4.79 Å². The minimum Gasteiger partial charge on any atom is -0.497 e. The van der Waals surface area contributed by atoms with Crippen LogP contribution in [0.3, 0.4) is 0 Å². The van der Waals surface area contributed by atoms with E-state index in [4.69, 9.17) is 4.74 Å². The first-order valence-corrected chi connectivity index (χ1v) is 7.66. The number of hydrogen-bond donors (Lipinski definition) is 0. The maximum Gasteiger partial charge on any atom is 0.253 e. The van der Waals surface area contributed by atoms with Crippen molar-refractivity contribution in [2.24, 2.45) is 0 Å². The lowest BCUT2D eigenvalue weighted by Gasteiger charge is -2.22. The highest BCUT2D eigenvalue weighted by molar-refractivity contribution is 5.94. The van der Waals surface area contributed by atoms with Gasteiger partial charge in [-0.3, -0.25) is 4.79 Å². The molecule has 1 amide bonds. The zero-order valence-electron chi connectivity index (χ0n) is 13.6. The van der Waals surface area contributed by atoms with E-state index in [-0.39, 0.29) is 5.91 Å². The molecule has 0 atom stereocenters. The van der Waals surface area contributed by atoms with Crippen LogP contribution in [0.4, 0.5) is 0 Å². The standard InChI is InChI=1S/C15H23NO2.C2H6/c1-4-6-12-16(11-5-2)15(17)13-7-9-14(18-3)10-8-13;1-2/h7-10H,4-6,11-12H2,1-3H3;1-2H3. The van der Waals surface area contributed by atoms with Crippen LogP contribution in [-0.4, -0.2) is 31.0 Å². The summed E-state index contributed by atoms with van der Waals surface area (Å²) in [7, 11) is 1.63. The number of methoxy groups -OCH3 is 1. The Kier molecular flexibility index (Phi) is 10.5. The van der Waals surface area contributed by atoms with Crippen LogP contribution in [0.25, 0.3) is 0 Å². The van der Waals surface area contributed by atoms with Crippen molar-refractivity contribution in [2.75, 3.05) is 20.2 Å². The topological polar surface area (TPSA) is 29.5 Å². The Bertz CT molecular complexity index is 360. The molecule has 0 aliphatic heterocycles. The van der Waals surface area contributed by atoms with Gasteiger partial charge in [0.15, 0.2) is 0 Å². The molecule has 0 fully saturated rings. The third-order valence-electron chi connectivity index (χ3n) is 2.90. The van der Waals surface area contributed by atoms with Gasteiger partial charge in [0.2, 0.25) is 0 Å². The molecule has 114 valence electrons. The molecule has 0 N–H and O–H groups in total. The highest BCUT2D eigenvalue weighted by Crippen LogP contribution is 2.13. The van der Waals surface area contributed by atoms with E-state index in [0.717, 1.165) is 43.7 Å². The second-order valence-electron chi connectivity index (χ2n) is 4.37. The van der Waals surface area contributed by atoms with Crippen molar-refractivity contribution in [2.45, 2.75) is 47.0 Å². The molecular formula is C17H29NO2. The summed E-state index contributed by atoms with van der Waals surface area (Å²) in [6.07, 6.45) is 3.16. The van der Waals surface area contributed by atoms with Gasteiger partial charge in [0.05, 0.1) is 7.11 Å². The lowest BCUT2D eigenvalue weighted by atomic mass is 10.1. The Morgan fingerprint density at radius 3 is 2.10 bits per heavy atom. The maximum absolute atomic E-state index is 12.3. The van der Waals surface area contributed by atoms with Gasteiger partial charge in [-0.2, -0.15) is 0 Å². The number of carbonyl (C=O) groups excluding carboxylic acids is 1. The van der Waals surface area contributed by atoms with Gasteiger partial charge in [0.25, 0.3) is 5.91 Å². The first kappa shape index (κ1) is 18.5. The number of amides is 1. The number of ether oxygens (including phenoxy) is 1. The molecule has 0 radical (unpaired) electrons. The number of unbranched alkanes of at least 4 members (excludes halogenated alkanes) is 1. The second kappa shape index (κ2) is 11.3. The summed E-state index contributed by atoms with van der Waals surface area (Å²) < 4.78 is 5.10. The van der Waals surface area contributed by atoms with Crippen LogP contribution in [0, 0.1) is 0 Å². The van der Waals surface area contributed by atoms with Crippen molar-refractivity contribution in [1.29, 1.82) is 0 Å². The lowest BCUT2D eigenvalue weighted by molar-refractivity contribution is 0.0753. The predicted octanol–water partition coefficient (Wildman–Crippen LogP) is 4.37. The normalized spacial score (nSPS) is 9.45. The Hall–Kier alpha value is -1.51. The largest absolute Gasteiger partial charge is 0.497 e. The Labute approximate surface area is 123 Å². The summed E-state index contributed by atoms with van der Waals surface area (Å²) in [5.41, 5.74) is 0.736. The molecule has 0 unspecified atom stereocenters. The predicted molar refractivity (Wildman–Crippen MR) is 85.4 cm³/mol. The Balaban J connectivity index is 0.00000172. The fourth-order valence-corrected chi connectivity index (χ4v) is 1.85. The quantitative estimate of drug-likeness (QED) is 0.741. The number of hydrogen-bond acceptors (Lipinski definition) is 2. The van der Waals surface area contributed by atoms with Crippen LogP contribution >= 0.6 is 0 Å². The van der Waals surface area contributed by atoms with Crippen molar-refractivity contribution in [3.05, 3.63) is 29.8 Å². The monoisotopic (exact) mass is 279 g/mol. The average Bonchev–Trinajstić information content (AvgIpc) is 2.53. The molecule has 1 rings (SSSR count). The molecule has 3 nitrogen and oxygen atoms in total. The molecule has 0 aromatic heterocycles. The summed E-state index contributed by atoms with van der Waals surface area (Å²) in [4.78, 5) is 14.3. The maximum atomic E-state index is 12.3. The Morgan fingerprint density at radius 1 is 1.05 bits per heavy atom. The lowest BCUT2D eigenvalue weighted by Crippen LogP contribution is -2.32. The highest BCUT2D eigenvalue weighted by atomic mass is 16.5. The summed E-state index contributed by atoms with van der Waals surface area (Å²) in [5.74, 6) is 0.898. The van der Waals surface area contributed by atoms with Crippen LogP contribution in [0.5, 0.6) is 5.75 Å². The van der Waals surface area contributed by atoms with E-state index >= 15 is 0 Å². The number of rotatable bonds is 7. The molecule has 0 bridgehead atoms. The van der Waals surface area contributed by atoms with Crippen LogP contribution in [-0.2, 0) is 0 Å². The summed E-state index contributed by atoms with van der Waals surface area (Å²) in [5, 5.41) is 0. The molecule has 0 saturated heterocycles. The SMILES string of the molecule is CC.CCCCN(CCC)C(=O)c1ccc(OC)cc1. The molecule has 3 heteroatoms. The Morgan fingerprint density at radius 2 is 1.65 bits per heavy atom. The number of nitrogens with zero attached hydrogens (tertiary/aromatic N) is 1. The van der Waals surface area contributed by atoms with Gasteiger partial charge in [0.1, 0.15) is 5.75 Å². The first-order valence-electron chi connectivity index (χ1n) is 7.66. The van der Waals surface area contributed by atoms with Crippen molar-refractivity contribution >= 4 is 5.91 Å². The van der Waals surface area contributed by atoms with Crippen molar-refractivity contribution in [3.63, 3.8) is 0 Å². The van der Waals surface area contributed by atoms with E-state index < -0.39 is 0 Å². The van der Waals surface area contributed by atoms with E-state index in [2.05, 4.69) is 13.8 Å². The molecule has 0 aliphatic carbocycles. The van der Waals surface area contributed by atoms with E-state index in [1.165, 1.54) is 0 Å². The summed E-state index contributed by atoms with van der Waals surface area (Å²) in [6, 6.07) is 7.32. The summed E-state index contributed by atoms with van der Waals surface area (Å²) in [6.45, 7) is 9.91. The van der Waals surface area contributed by atoms with Gasteiger partial charge in [0, 0.05) is 18.7 Å². The zero-order chi connectivity index (χ0) is 15.4. The fraction of sp³-hybridized carbons (Fsp3) is 0.588. The minimum atomic E-state index is 0.118. The van der Waals surface area contributed by atoms with Crippen molar-refractivity contribution < 1.29 is 9.53 Å². The molecule has 0 saturated carbocycles. The van der Waals surface area contributed by atoms with Crippen molar-refractivity contribution in [1.82, 2.24) is 4.90 Å². The molecule has 20 heavy (non-hydrogen) atoms. The van der Waals surface area contributed by atoms with Crippen LogP contribution < -0.4 is 4.74 Å². The number of carbonyl (C=O) groups is 1. The molecule has 0 heterocycles. The molecule has 1 aromatic rings. The van der Waals surface area contributed by atoms with Gasteiger partial charge in [-0.25, -0.2) is 0 Å². The van der Waals surface area contributed by atoms with E-state index in [0.29, 0.717) is 0 Å². The smallest absolute Gasteiger partial charge is 0.253 e. The van der Waals surface area contributed by atoms with Crippen molar-refractivity contribution in [3.8, 4) is 5.75 Å². The fourth-order valence-electron chi connectivity index (χ4n) is 1.85. The van der Waals surface area contributed by atoms with Gasteiger partial charge in [-0.05, 0) is 37.1 Å². The van der Waals surface area contributed by atoms with Crippen LogP contribution in [0.15, 0.2) is 24.3 Å². The van der Waals surface area contributed by atoms with E-state index in [1.807, 2.05) is 43.0 Å². The van der Waals surface area contributed by atoms with Crippen LogP contribution in [0.2, 0.25) is 0 Å².